The van der Waals surface area contributed by atoms with Crippen LogP contribution in [-0.2, 0) is 19.1 Å². The first-order valence-electron chi connectivity index (χ1n) is 6.51. The first-order valence-corrected chi connectivity index (χ1v) is 4.60. The molecule has 1 N–H and O–H groups in total. The normalized spacial score (nSPS) is 21.0. The van der Waals surface area contributed by atoms with Crippen LogP contribution in [0.4, 0.5) is 0 Å². The highest BCUT2D eigenvalue weighted by molar-refractivity contribution is 5.81. The molecule has 15 heavy (non-hydrogen) atoms. The van der Waals surface area contributed by atoms with Crippen molar-refractivity contribution in [3.8, 4) is 0 Å². The van der Waals surface area contributed by atoms with Crippen LogP contribution in [0.3, 0.4) is 0 Å². The zero-order valence-corrected chi connectivity index (χ0v) is 8.98. The monoisotopic (exact) mass is 222 g/mol. The van der Waals surface area contributed by atoms with Crippen molar-refractivity contribution in [3.63, 3.8) is 0 Å². The second kappa shape index (κ2) is 6.40. The number of esters is 1. The Hall–Kier alpha value is -1.10. The van der Waals surface area contributed by atoms with Gasteiger partial charge in [0.05, 0.1) is 29.1 Å². The molecule has 88 valence electrons. The molecule has 5 nitrogen and oxygen atoms in total. The van der Waals surface area contributed by atoms with Crippen molar-refractivity contribution in [1.82, 2.24) is 0 Å². The fraction of sp³-hybridized carbons (Fsp3) is 0.800. The van der Waals surface area contributed by atoms with Crippen LogP contribution in [0.1, 0.15) is 24.4 Å². The van der Waals surface area contributed by atoms with Gasteiger partial charge in [0.25, 0.3) is 1.43 Å². The maximum atomic E-state index is 11.8. The minimum absolute atomic E-state index is 0.368. The molecule has 0 aromatic carbocycles. The third-order valence-corrected chi connectivity index (χ3v) is 2.39. The van der Waals surface area contributed by atoms with E-state index in [4.69, 9.17) is 10.3 Å². The highest BCUT2D eigenvalue weighted by Crippen LogP contribution is 2.22. The average molecular weight is 222 g/mol. The molecule has 0 aromatic rings. The van der Waals surface area contributed by atoms with E-state index in [1.54, 1.807) is 6.92 Å². The molecule has 0 saturated heterocycles. The van der Waals surface area contributed by atoms with E-state index < -0.39 is 36.9 Å². The van der Waals surface area contributed by atoms with Gasteiger partial charge in [-0.05, 0) is 6.42 Å². The van der Waals surface area contributed by atoms with E-state index in [1.807, 2.05) is 0 Å². The molecule has 0 amide bonds. The van der Waals surface area contributed by atoms with Crippen molar-refractivity contribution >= 4 is 11.9 Å². The van der Waals surface area contributed by atoms with Gasteiger partial charge in [0, 0.05) is 7.11 Å². The number of ether oxygens (including phenoxy) is 2. The highest BCUT2D eigenvalue weighted by Gasteiger charge is 2.37. The van der Waals surface area contributed by atoms with Gasteiger partial charge >= 0.3 is 11.9 Å². The molecule has 0 aliphatic rings. The van der Waals surface area contributed by atoms with Gasteiger partial charge in [-0.15, -0.1) is 0 Å². The highest BCUT2D eigenvalue weighted by atomic mass is 16.5. The first-order chi connectivity index (χ1) is 8.67. The van der Waals surface area contributed by atoms with Crippen molar-refractivity contribution in [2.75, 3.05) is 14.1 Å². The molecule has 0 aliphatic carbocycles. The van der Waals surface area contributed by atoms with Crippen LogP contribution in [0.15, 0.2) is 0 Å². The predicted molar refractivity (Wildman–Crippen MR) is 53.4 cm³/mol. The molecule has 0 bridgehead atoms. The van der Waals surface area contributed by atoms with E-state index in [0.717, 1.165) is 0 Å². The smallest absolute Gasteiger partial charge is 0.312 e. The van der Waals surface area contributed by atoms with E-state index >= 15 is 0 Å². The lowest BCUT2D eigenvalue weighted by Crippen LogP contribution is -2.38. The van der Waals surface area contributed by atoms with Gasteiger partial charge in [0.2, 0.25) is 0 Å². The van der Waals surface area contributed by atoms with Crippen molar-refractivity contribution in [2.24, 2.45) is 11.8 Å². The summed E-state index contributed by atoms with van der Waals surface area (Å²) in [6, 6.07) is 0. The van der Waals surface area contributed by atoms with Crippen LogP contribution >= 0.6 is 0 Å². The maximum absolute atomic E-state index is 11.8. The lowest BCUT2D eigenvalue weighted by Gasteiger charge is -2.25. The average Bonchev–Trinajstić information content (AvgIpc) is 2.31. The van der Waals surface area contributed by atoms with Gasteiger partial charge in [-0.25, -0.2) is 0 Å². The van der Waals surface area contributed by atoms with Gasteiger partial charge in [0.1, 0.15) is 0 Å². The van der Waals surface area contributed by atoms with Gasteiger partial charge in [-0.2, -0.15) is 0 Å². The van der Waals surface area contributed by atoms with Gasteiger partial charge < -0.3 is 14.6 Å². The molecule has 0 fully saturated rings. The number of methoxy groups -OCH3 is 2. The van der Waals surface area contributed by atoms with Crippen LogP contribution < -0.4 is 0 Å². The minimum Gasteiger partial charge on any atom is -0.481 e. The molecule has 0 rings (SSSR count). The van der Waals surface area contributed by atoms with Gasteiger partial charge in [-0.1, -0.05) is 13.8 Å². The number of rotatable bonds is 6. The molecule has 0 aliphatic heterocycles. The van der Waals surface area contributed by atoms with Crippen LogP contribution in [0.2, 0.25) is 0 Å². The van der Waals surface area contributed by atoms with E-state index in [0.29, 0.717) is 6.42 Å². The Morgan fingerprint density at radius 2 is 2.27 bits per heavy atom. The Kier molecular flexibility index (Phi) is 3.45. The quantitative estimate of drug-likeness (QED) is 0.676. The number of hydrogen-bond acceptors (Lipinski definition) is 5. The fourth-order valence-corrected chi connectivity index (χ4v) is 1.46. The standard InChI is InChI=1S/C10H18O5/c1-5-7(14-3)8(10(13)15-4)6(2)9(11)12/h6-8H,5H2,1-4H3,(H,11,12)/i4D3/hD. The zero-order chi connectivity index (χ0) is 15.2. The molecule has 3 atom stereocenters. The SMILES string of the molecule is [2H]OC(=O)C(C)C(C(=O)OC([2H])([2H])[2H])C(CC)OC. The summed E-state index contributed by atoms with van der Waals surface area (Å²) >= 11 is 0. The molecule has 0 heterocycles. The predicted octanol–water partition coefficient (Wildman–Crippen LogP) is 0.921. The van der Waals surface area contributed by atoms with Crippen LogP contribution in [0.5, 0.6) is 0 Å². The summed E-state index contributed by atoms with van der Waals surface area (Å²) < 4.78 is 36.6. The van der Waals surface area contributed by atoms with Crippen molar-refractivity contribution < 1.29 is 28.3 Å². The van der Waals surface area contributed by atoms with E-state index in [2.05, 4.69) is 9.85 Å². The Morgan fingerprint density at radius 3 is 2.67 bits per heavy atom. The lowest BCUT2D eigenvalue weighted by molar-refractivity contribution is -0.161. The number of hydrogen-bond donors (Lipinski definition) is 1. The van der Waals surface area contributed by atoms with Gasteiger partial charge in [0.15, 0.2) is 0 Å². The Morgan fingerprint density at radius 1 is 1.60 bits per heavy atom. The summed E-state index contributed by atoms with van der Waals surface area (Å²) in [4.78, 5) is 23.2. The molecule has 0 aromatic heterocycles. The third kappa shape index (κ3) is 3.51. The number of carbonyl (C=O) groups is 2. The van der Waals surface area contributed by atoms with Crippen molar-refractivity contribution in [3.05, 3.63) is 0 Å². The molecular weight excluding hydrogens is 200 g/mol. The number of aliphatic carboxylic acids is 1. The minimum atomic E-state index is -2.90. The van der Waals surface area contributed by atoms with Crippen molar-refractivity contribution in [1.29, 1.82) is 1.43 Å². The molecule has 0 radical (unpaired) electrons. The Labute approximate surface area is 95.1 Å². The summed E-state index contributed by atoms with van der Waals surface area (Å²) in [6.45, 7) is 3.06. The zero-order valence-electron chi connectivity index (χ0n) is 13.0. The number of carbonyl (C=O) groups excluding carboxylic acids is 1. The second-order valence-electron chi connectivity index (χ2n) is 3.24. The molecular formula is C10H18O5. The van der Waals surface area contributed by atoms with Crippen LogP contribution in [-0.4, -0.2) is 37.3 Å². The molecule has 5 heteroatoms. The van der Waals surface area contributed by atoms with Crippen molar-refractivity contribution in [2.45, 2.75) is 26.4 Å². The summed E-state index contributed by atoms with van der Waals surface area (Å²) in [5.41, 5.74) is 0. The molecule has 0 spiro atoms. The number of carboxylic acids is 1. The van der Waals surface area contributed by atoms with Gasteiger partial charge in [-0.3, -0.25) is 9.59 Å². The first kappa shape index (κ1) is 8.10. The number of carboxylic acid groups (broad SMARTS) is 1. The van der Waals surface area contributed by atoms with E-state index in [9.17, 15) is 9.59 Å². The summed E-state index contributed by atoms with van der Waals surface area (Å²) in [6.07, 6.45) is -0.337. The van der Waals surface area contributed by atoms with Crippen LogP contribution in [0, 0.1) is 11.8 Å². The van der Waals surface area contributed by atoms with Crippen LogP contribution in [0.25, 0.3) is 1.43 Å². The van der Waals surface area contributed by atoms with E-state index in [-0.39, 0.29) is 0 Å². The molecule has 0 saturated carbocycles. The van der Waals surface area contributed by atoms with E-state index in [1.165, 1.54) is 14.0 Å². The molecule has 3 unspecified atom stereocenters. The fourth-order valence-electron chi connectivity index (χ4n) is 1.46. The Bertz CT molecular complexity index is 314. The summed E-state index contributed by atoms with van der Waals surface area (Å²) in [7, 11) is -1.56. The second-order valence-corrected chi connectivity index (χ2v) is 3.24. The topological polar surface area (TPSA) is 72.8 Å². The largest absolute Gasteiger partial charge is 0.481 e. The third-order valence-electron chi connectivity index (χ3n) is 2.39. The Balaban J connectivity index is 5.16. The maximum Gasteiger partial charge on any atom is 0.312 e. The summed E-state index contributed by atoms with van der Waals surface area (Å²) in [5.74, 6) is -4.22. The summed E-state index contributed by atoms with van der Waals surface area (Å²) in [5, 5.41) is 3.82. The lowest BCUT2D eigenvalue weighted by atomic mass is 9.87.